The van der Waals surface area contributed by atoms with Gasteiger partial charge in [-0.25, -0.2) is 4.79 Å². The van der Waals surface area contributed by atoms with Crippen LogP contribution in [0.1, 0.15) is 34.1 Å². The van der Waals surface area contributed by atoms with Crippen molar-refractivity contribution in [2.24, 2.45) is 7.05 Å². The van der Waals surface area contributed by atoms with Crippen molar-refractivity contribution in [3.8, 4) is 0 Å². The fourth-order valence-electron chi connectivity index (χ4n) is 4.32. The quantitative estimate of drug-likeness (QED) is 0.407. The molecule has 0 spiro atoms. The fourth-order valence-corrected chi connectivity index (χ4v) is 4.44. The number of hydrogen-bond donors (Lipinski definition) is 0. The Balaban J connectivity index is 1.31. The van der Waals surface area contributed by atoms with Gasteiger partial charge in [-0.05, 0) is 29.7 Å². The summed E-state index contributed by atoms with van der Waals surface area (Å²) in [6.45, 7) is 1.71. The van der Waals surface area contributed by atoms with Crippen molar-refractivity contribution in [3.63, 3.8) is 0 Å². The highest BCUT2D eigenvalue weighted by atomic mass is 35.5. The maximum Gasteiger partial charge on any atom is 0.331 e. The van der Waals surface area contributed by atoms with Crippen LogP contribution < -0.4 is 11.2 Å². The predicted molar refractivity (Wildman–Crippen MR) is 128 cm³/mol. The van der Waals surface area contributed by atoms with Gasteiger partial charge in [0.15, 0.2) is 5.82 Å². The average molecular weight is 478 g/mol. The summed E-state index contributed by atoms with van der Waals surface area (Å²) in [6, 6.07) is 17.7. The first-order valence-corrected chi connectivity index (χ1v) is 11.5. The maximum atomic E-state index is 13.2. The normalized spacial score (nSPS) is 13.4. The predicted octanol–water partition coefficient (Wildman–Crippen LogP) is 2.93. The van der Waals surface area contributed by atoms with E-state index in [1.54, 1.807) is 11.6 Å². The number of hydrogen-bond acceptors (Lipinski definition) is 6. The van der Waals surface area contributed by atoms with Crippen LogP contribution in [-0.4, -0.2) is 24.2 Å². The van der Waals surface area contributed by atoms with Gasteiger partial charge >= 0.3 is 5.69 Å². The van der Waals surface area contributed by atoms with Gasteiger partial charge in [0, 0.05) is 43.8 Å². The molecule has 0 unspecified atom stereocenters. The SMILES string of the molecule is Cn1c2c(c(=O)n(Cc3nc(CCc4ccc(Cl)cc4)no3)c1=O)CN(Cc1ccccc1)C2. The molecule has 0 saturated heterocycles. The Morgan fingerprint density at radius 1 is 0.941 bits per heavy atom. The minimum absolute atomic E-state index is 0.0502. The molecule has 34 heavy (non-hydrogen) atoms. The van der Waals surface area contributed by atoms with Gasteiger partial charge in [-0.15, -0.1) is 0 Å². The average Bonchev–Trinajstić information content (AvgIpc) is 3.48. The molecule has 2 aromatic carbocycles. The van der Waals surface area contributed by atoms with E-state index in [-0.39, 0.29) is 23.7 Å². The minimum atomic E-state index is -0.383. The third-order valence-corrected chi connectivity index (χ3v) is 6.38. The van der Waals surface area contributed by atoms with E-state index in [0.29, 0.717) is 42.5 Å². The Hall–Kier alpha value is -3.49. The van der Waals surface area contributed by atoms with Gasteiger partial charge in [-0.3, -0.25) is 18.8 Å². The van der Waals surface area contributed by atoms with Crippen LogP contribution in [0.2, 0.25) is 5.02 Å². The van der Waals surface area contributed by atoms with Crippen LogP contribution in [0, 0.1) is 0 Å². The van der Waals surface area contributed by atoms with E-state index >= 15 is 0 Å². The minimum Gasteiger partial charge on any atom is -0.337 e. The molecule has 5 rings (SSSR count). The van der Waals surface area contributed by atoms with E-state index in [4.69, 9.17) is 16.1 Å². The lowest BCUT2D eigenvalue weighted by Gasteiger charge is -2.14. The summed E-state index contributed by atoms with van der Waals surface area (Å²) in [5.41, 5.74) is 3.00. The van der Waals surface area contributed by atoms with Crippen LogP contribution in [0.25, 0.3) is 0 Å². The van der Waals surface area contributed by atoms with Gasteiger partial charge in [0.25, 0.3) is 5.56 Å². The van der Waals surface area contributed by atoms with Crippen LogP contribution in [0.4, 0.5) is 0 Å². The number of aryl methyl sites for hydroxylation is 2. The zero-order valence-corrected chi connectivity index (χ0v) is 19.5. The lowest BCUT2D eigenvalue weighted by molar-refractivity contribution is 0.272. The summed E-state index contributed by atoms with van der Waals surface area (Å²) >= 11 is 5.93. The van der Waals surface area contributed by atoms with E-state index in [1.165, 1.54) is 4.57 Å². The maximum absolute atomic E-state index is 13.2. The summed E-state index contributed by atoms with van der Waals surface area (Å²) < 4.78 is 8.08. The molecule has 1 aliphatic rings. The van der Waals surface area contributed by atoms with Gasteiger partial charge in [0.05, 0.1) is 5.56 Å². The molecular weight excluding hydrogens is 454 g/mol. The second-order valence-electron chi connectivity index (χ2n) is 8.52. The highest BCUT2D eigenvalue weighted by molar-refractivity contribution is 6.30. The smallest absolute Gasteiger partial charge is 0.331 e. The topological polar surface area (TPSA) is 86.2 Å². The van der Waals surface area contributed by atoms with Crippen molar-refractivity contribution >= 4 is 11.6 Å². The molecule has 0 fully saturated rings. The molecule has 4 aromatic rings. The van der Waals surface area contributed by atoms with Crippen molar-refractivity contribution < 1.29 is 4.52 Å². The zero-order valence-electron chi connectivity index (χ0n) is 18.8. The van der Waals surface area contributed by atoms with Crippen molar-refractivity contribution in [3.05, 3.63) is 115 Å². The molecule has 0 aliphatic carbocycles. The van der Waals surface area contributed by atoms with Gasteiger partial charge < -0.3 is 4.52 Å². The first-order chi connectivity index (χ1) is 16.5. The highest BCUT2D eigenvalue weighted by Crippen LogP contribution is 2.20. The van der Waals surface area contributed by atoms with Crippen LogP contribution in [0.15, 0.2) is 68.7 Å². The molecule has 9 heteroatoms. The Kier molecular flexibility index (Phi) is 6.17. The van der Waals surface area contributed by atoms with Gasteiger partial charge in [-0.1, -0.05) is 59.2 Å². The number of nitrogens with zero attached hydrogens (tertiary/aromatic N) is 5. The van der Waals surface area contributed by atoms with Crippen LogP contribution in [0.3, 0.4) is 0 Å². The number of halogens is 1. The number of aromatic nitrogens is 4. The van der Waals surface area contributed by atoms with Crippen LogP contribution in [0.5, 0.6) is 0 Å². The molecule has 0 atom stereocenters. The van der Waals surface area contributed by atoms with Gasteiger partial charge in [0.1, 0.15) is 6.54 Å². The summed E-state index contributed by atoms with van der Waals surface area (Å²) in [5, 5.41) is 4.70. The van der Waals surface area contributed by atoms with Crippen LogP contribution in [-0.2, 0) is 46.1 Å². The standard InChI is InChI=1S/C25H24ClN5O3/c1-29-21-15-30(13-18-5-3-2-4-6-18)14-20(21)24(32)31(25(29)33)16-23-27-22(28-34-23)12-9-17-7-10-19(26)11-8-17/h2-8,10-11H,9,12-16H2,1H3. The van der Waals surface area contributed by atoms with Gasteiger partial charge in [-0.2, -0.15) is 4.98 Å². The Bertz CT molecular complexity index is 1420. The van der Waals surface area contributed by atoms with E-state index in [0.717, 1.165) is 23.2 Å². The first kappa shape index (κ1) is 22.3. The van der Waals surface area contributed by atoms with E-state index < -0.39 is 0 Å². The number of fused-ring (bicyclic) bond motifs is 1. The van der Waals surface area contributed by atoms with Crippen molar-refractivity contribution in [2.75, 3.05) is 0 Å². The second-order valence-corrected chi connectivity index (χ2v) is 8.96. The first-order valence-electron chi connectivity index (χ1n) is 11.1. The second kappa shape index (κ2) is 9.40. The third-order valence-electron chi connectivity index (χ3n) is 6.13. The van der Waals surface area contributed by atoms with E-state index in [1.807, 2.05) is 42.5 Å². The van der Waals surface area contributed by atoms with E-state index in [2.05, 4.69) is 27.2 Å². The molecule has 0 bridgehead atoms. The molecule has 3 heterocycles. The monoisotopic (exact) mass is 477 g/mol. The fraction of sp³-hybridized carbons (Fsp3) is 0.280. The summed E-state index contributed by atoms with van der Waals surface area (Å²) in [6.07, 6.45) is 1.31. The van der Waals surface area contributed by atoms with Crippen molar-refractivity contribution in [1.82, 2.24) is 24.2 Å². The third kappa shape index (κ3) is 4.60. The van der Waals surface area contributed by atoms with E-state index in [9.17, 15) is 9.59 Å². The Morgan fingerprint density at radius 2 is 1.71 bits per heavy atom. The van der Waals surface area contributed by atoms with Crippen molar-refractivity contribution in [2.45, 2.75) is 39.0 Å². The molecule has 2 aromatic heterocycles. The van der Waals surface area contributed by atoms with Crippen molar-refractivity contribution in [1.29, 1.82) is 0 Å². The summed E-state index contributed by atoms with van der Waals surface area (Å²) in [7, 11) is 1.70. The van der Waals surface area contributed by atoms with Crippen LogP contribution >= 0.6 is 11.6 Å². The largest absolute Gasteiger partial charge is 0.337 e. The Morgan fingerprint density at radius 3 is 2.47 bits per heavy atom. The number of benzene rings is 2. The molecule has 0 radical (unpaired) electrons. The lowest BCUT2D eigenvalue weighted by Crippen LogP contribution is -2.42. The molecule has 1 aliphatic heterocycles. The molecule has 174 valence electrons. The molecular formula is C25H24ClN5O3. The lowest BCUT2D eigenvalue weighted by atomic mass is 10.1. The summed E-state index contributed by atoms with van der Waals surface area (Å²) in [4.78, 5) is 32.7. The zero-order chi connectivity index (χ0) is 23.7. The molecule has 8 nitrogen and oxygen atoms in total. The summed E-state index contributed by atoms with van der Waals surface area (Å²) in [5.74, 6) is 0.773. The Labute approximate surface area is 201 Å². The highest BCUT2D eigenvalue weighted by Gasteiger charge is 2.27. The van der Waals surface area contributed by atoms with Gasteiger partial charge in [0.2, 0.25) is 5.89 Å². The molecule has 0 N–H and O–H groups in total. The molecule has 0 amide bonds. The molecule has 0 saturated carbocycles. The number of rotatable bonds is 7.